The van der Waals surface area contributed by atoms with Gasteiger partial charge in [-0.1, -0.05) is 23.7 Å². The minimum Gasteiger partial charge on any atom is -0.343 e. The quantitative estimate of drug-likeness (QED) is 0.673. The van der Waals surface area contributed by atoms with Gasteiger partial charge in [-0.3, -0.25) is 4.79 Å². The van der Waals surface area contributed by atoms with E-state index in [4.69, 9.17) is 11.6 Å². The molecule has 2 N–H and O–H groups in total. The predicted octanol–water partition coefficient (Wildman–Crippen LogP) is 4.06. The Morgan fingerprint density at radius 2 is 1.66 bits per heavy atom. The van der Waals surface area contributed by atoms with Crippen molar-refractivity contribution >= 4 is 27.5 Å². The molecule has 1 amide bonds. The molecule has 2 aromatic carbocycles. The van der Waals surface area contributed by atoms with Crippen LogP contribution in [0.4, 0.5) is 13.2 Å². The predicted molar refractivity (Wildman–Crippen MR) is 102 cm³/mol. The molecule has 0 aliphatic heterocycles. The Balaban J connectivity index is 1.73. The average molecular weight is 447 g/mol. The number of hydrogen-bond donors (Lipinski definition) is 2. The summed E-state index contributed by atoms with van der Waals surface area (Å²) in [6, 6.07) is 11.2. The summed E-state index contributed by atoms with van der Waals surface area (Å²) in [5.41, 5.74) is 0.730. The summed E-state index contributed by atoms with van der Waals surface area (Å²) in [6.07, 6.45) is -2.73. The fourth-order valence-electron chi connectivity index (χ4n) is 2.84. The topological polar surface area (TPSA) is 75.3 Å². The Bertz CT molecular complexity index is 973. The maximum Gasteiger partial charge on any atom is 0.405 e. The van der Waals surface area contributed by atoms with Crippen LogP contribution in [0.2, 0.25) is 5.02 Å². The maximum absolute atomic E-state index is 12.8. The molecule has 10 heteroatoms. The van der Waals surface area contributed by atoms with E-state index in [1.807, 2.05) is 0 Å². The lowest BCUT2D eigenvalue weighted by atomic mass is 10.0. The second-order valence-corrected chi connectivity index (χ2v) is 8.96. The van der Waals surface area contributed by atoms with E-state index in [0.29, 0.717) is 5.02 Å². The van der Waals surface area contributed by atoms with Gasteiger partial charge in [-0.2, -0.15) is 13.2 Å². The molecular formula is C19H18ClF3N2O3S. The van der Waals surface area contributed by atoms with Crippen LogP contribution in [-0.2, 0) is 10.0 Å². The fraction of sp³-hybridized carbons (Fsp3) is 0.316. The lowest BCUT2D eigenvalue weighted by Crippen LogP contribution is -2.33. The van der Waals surface area contributed by atoms with Gasteiger partial charge in [-0.25, -0.2) is 13.1 Å². The molecule has 1 aliphatic carbocycles. The number of benzene rings is 2. The standard InChI is InChI=1S/C19H18ClF3N2O3S/c20-15-7-3-13(4-8-15)17(12-1-2-12)25-29(27,28)16-9-5-14(6-10-16)18(26)24-11-19(21,22)23/h3-10,12,17,25H,1-2,11H2,(H,24,26). The van der Waals surface area contributed by atoms with Crippen molar-refractivity contribution < 1.29 is 26.4 Å². The van der Waals surface area contributed by atoms with Crippen LogP contribution >= 0.6 is 11.6 Å². The molecule has 29 heavy (non-hydrogen) atoms. The Hall–Kier alpha value is -2.10. The van der Waals surface area contributed by atoms with E-state index in [1.165, 1.54) is 24.3 Å². The van der Waals surface area contributed by atoms with Crippen LogP contribution in [0, 0.1) is 5.92 Å². The fourth-order valence-corrected chi connectivity index (χ4v) is 4.26. The number of rotatable bonds is 7. The number of hydrogen-bond acceptors (Lipinski definition) is 3. The van der Waals surface area contributed by atoms with Gasteiger partial charge in [0.2, 0.25) is 10.0 Å². The Labute approximate surface area is 171 Å². The number of carbonyl (C=O) groups is 1. The van der Waals surface area contributed by atoms with Crippen molar-refractivity contribution in [3.63, 3.8) is 0 Å². The van der Waals surface area contributed by atoms with E-state index in [-0.39, 0.29) is 16.4 Å². The molecule has 1 saturated carbocycles. The number of halogens is 4. The number of alkyl halides is 3. The molecule has 1 fully saturated rings. The van der Waals surface area contributed by atoms with Crippen LogP contribution in [0.3, 0.4) is 0 Å². The molecular weight excluding hydrogens is 429 g/mol. The third-order valence-electron chi connectivity index (χ3n) is 4.48. The molecule has 0 heterocycles. The molecule has 1 atom stereocenters. The molecule has 5 nitrogen and oxygen atoms in total. The van der Waals surface area contributed by atoms with Gasteiger partial charge >= 0.3 is 6.18 Å². The van der Waals surface area contributed by atoms with Gasteiger partial charge in [0.25, 0.3) is 5.91 Å². The van der Waals surface area contributed by atoms with E-state index in [2.05, 4.69) is 4.72 Å². The number of amides is 1. The van der Waals surface area contributed by atoms with Gasteiger partial charge in [-0.05, 0) is 60.7 Å². The Morgan fingerprint density at radius 3 is 2.17 bits per heavy atom. The molecule has 2 aromatic rings. The zero-order chi connectivity index (χ0) is 21.2. The minimum atomic E-state index is -4.53. The van der Waals surface area contributed by atoms with Crippen molar-refractivity contribution in [3.05, 3.63) is 64.7 Å². The minimum absolute atomic E-state index is 0.0651. The third-order valence-corrected chi connectivity index (χ3v) is 6.19. The van der Waals surface area contributed by atoms with Gasteiger partial charge in [0, 0.05) is 16.6 Å². The zero-order valence-corrected chi connectivity index (χ0v) is 16.6. The first-order valence-electron chi connectivity index (χ1n) is 8.78. The van der Waals surface area contributed by atoms with E-state index < -0.39 is 34.7 Å². The summed E-state index contributed by atoms with van der Waals surface area (Å²) >= 11 is 5.89. The largest absolute Gasteiger partial charge is 0.405 e. The first-order valence-corrected chi connectivity index (χ1v) is 10.6. The van der Waals surface area contributed by atoms with Crippen molar-refractivity contribution in [1.82, 2.24) is 10.0 Å². The van der Waals surface area contributed by atoms with Crippen molar-refractivity contribution in [1.29, 1.82) is 0 Å². The summed E-state index contributed by atoms with van der Waals surface area (Å²) in [5.74, 6) is -0.755. The van der Waals surface area contributed by atoms with Crippen molar-refractivity contribution in [2.75, 3.05) is 6.54 Å². The molecule has 0 bridgehead atoms. The van der Waals surface area contributed by atoms with Gasteiger partial charge in [-0.15, -0.1) is 0 Å². The van der Waals surface area contributed by atoms with Crippen LogP contribution in [0.5, 0.6) is 0 Å². The smallest absolute Gasteiger partial charge is 0.343 e. The van der Waals surface area contributed by atoms with E-state index in [9.17, 15) is 26.4 Å². The van der Waals surface area contributed by atoms with Crippen molar-refractivity contribution in [2.45, 2.75) is 30.0 Å². The van der Waals surface area contributed by atoms with Crippen molar-refractivity contribution in [3.8, 4) is 0 Å². The summed E-state index contributed by atoms with van der Waals surface area (Å²) < 4.78 is 64.8. The van der Waals surface area contributed by atoms with Crippen LogP contribution in [0.15, 0.2) is 53.4 Å². The van der Waals surface area contributed by atoms with Crippen LogP contribution in [0.1, 0.15) is 34.8 Å². The first-order chi connectivity index (χ1) is 13.5. The van der Waals surface area contributed by atoms with E-state index in [0.717, 1.165) is 18.4 Å². The first kappa shape index (κ1) is 21.6. The lowest BCUT2D eigenvalue weighted by molar-refractivity contribution is -0.123. The highest BCUT2D eigenvalue weighted by atomic mass is 35.5. The van der Waals surface area contributed by atoms with E-state index in [1.54, 1.807) is 29.6 Å². The molecule has 156 valence electrons. The van der Waals surface area contributed by atoms with Crippen LogP contribution in [-0.4, -0.2) is 27.0 Å². The molecule has 3 rings (SSSR count). The highest BCUT2D eigenvalue weighted by Crippen LogP contribution is 2.42. The van der Waals surface area contributed by atoms with Crippen molar-refractivity contribution in [2.24, 2.45) is 5.92 Å². The van der Waals surface area contributed by atoms with Crippen LogP contribution < -0.4 is 10.0 Å². The molecule has 0 aromatic heterocycles. The number of sulfonamides is 1. The second-order valence-electron chi connectivity index (χ2n) is 6.81. The highest BCUT2D eigenvalue weighted by molar-refractivity contribution is 7.89. The molecule has 0 radical (unpaired) electrons. The Morgan fingerprint density at radius 1 is 1.07 bits per heavy atom. The molecule has 0 spiro atoms. The summed E-state index contributed by atoms with van der Waals surface area (Å²) in [4.78, 5) is 11.7. The third kappa shape index (κ3) is 5.94. The maximum atomic E-state index is 12.8. The van der Waals surface area contributed by atoms with Gasteiger partial charge in [0.1, 0.15) is 6.54 Å². The normalized spacial score (nSPS) is 15.7. The van der Waals surface area contributed by atoms with Gasteiger partial charge in [0.15, 0.2) is 0 Å². The average Bonchev–Trinajstić information content (AvgIpc) is 3.50. The number of carbonyl (C=O) groups excluding carboxylic acids is 1. The van der Waals surface area contributed by atoms with Gasteiger partial charge < -0.3 is 5.32 Å². The molecule has 1 unspecified atom stereocenters. The van der Waals surface area contributed by atoms with Crippen LogP contribution in [0.25, 0.3) is 0 Å². The highest BCUT2D eigenvalue weighted by Gasteiger charge is 2.35. The van der Waals surface area contributed by atoms with Gasteiger partial charge in [0.05, 0.1) is 4.90 Å². The molecule has 0 saturated heterocycles. The monoisotopic (exact) mass is 446 g/mol. The summed E-state index contributed by atoms with van der Waals surface area (Å²) in [7, 11) is -3.90. The summed E-state index contributed by atoms with van der Waals surface area (Å²) in [6.45, 7) is -1.46. The lowest BCUT2D eigenvalue weighted by Gasteiger charge is -2.19. The Kier molecular flexibility index (Phi) is 6.21. The SMILES string of the molecule is O=C(NCC(F)(F)F)c1ccc(S(=O)(=O)NC(c2ccc(Cl)cc2)C2CC2)cc1. The second kappa shape index (κ2) is 8.33. The van der Waals surface area contributed by atoms with E-state index >= 15 is 0 Å². The summed E-state index contributed by atoms with van der Waals surface area (Å²) in [5, 5.41) is 2.29. The number of nitrogens with one attached hydrogen (secondary N) is 2. The zero-order valence-electron chi connectivity index (χ0n) is 15.0. The molecule has 1 aliphatic rings.